The molecule has 0 radical (unpaired) electrons. The Kier molecular flexibility index (Phi) is 13.4. The number of hydrogen-bond acceptors (Lipinski definition) is 5. The van der Waals surface area contributed by atoms with Crippen molar-refractivity contribution in [3.63, 3.8) is 0 Å². The number of likely N-dealkylation sites (N-methyl/N-ethyl adjacent to an activating group) is 2. The molecule has 8 heteroatoms. The summed E-state index contributed by atoms with van der Waals surface area (Å²) >= 11 is 0. The molecule has 188 valence electrons. The zero-order chi connectivity index (χ0) is 22.6. The minimum absolute atomic E-state index is 0. The predicted octanol–water partition coefficient (Wildman–Crippen LogP) is 3.33. The van der Waals surface area contributed by atoms with Gasteiger partial charge < -0.3 is 20.1 Å². The van der Waals surface area contributed by atoms with Crippen molar-refractivity contribution in [1.29, 1.82) is 0 Å². The first-order chi connectivity index (χ1) is 15.7. The number of rotatable bonds is 11. The number of nitrogens with zero attached hydrogens (tertiary/aromatic N) is 3. The monoisotopic (exact) mass is 573 g/mol. The SMILES string of the molecule is CCNC(=NCc1cccc(OCCN(C)C2CCOCC2)c1)NCC1CCCN1CC.I. The highest BCUT2D eigenvalue weighted by molar-refractivity contribution is 14.0. The molecule has 0 amide bonds. The van der Waals surface area contributed by atoms with E-state index < -0.39 is 0 Å². The summed E-state index contributed by atoms with van der Waals surface area (Å²) in [6.07, 6.45) is 4.79. The van der Waals surface area contributed by atoms with Gasteiger partial charge >= 0.3 is 0 Å². The van der Waals surface area contributed by atoms with Crippen LogP contribution in [0.15, 0.2) is 29.3 Å². The molecular weight excluding hydrogens is 529 g/mol. The Morgan fingerprint density at radius 1 is 1.21 bits per heavy atom. The van der Waals surface area contributed by atoms with Gasteiger partial charge in [0.15, 0.2) is 5.96 Å². The summed E-state index contributed by atoms with van der Waals surface area (Å²) in [6, 6.07) is 9.53. The topological polar surface area (TPSA) is 61.4 Å². The van der Waals surface area contributed by atoms with Gasteiger partial charge in [-0.05, 0) is 70.4 Å². The van der Waals surface area contributed by atoms with E-state index in [2.05, 4.69) is 59.5 Å². The molecule has 1 aromatic carbocycles. The molecule has 2 saturated heterocycles. The standard InChI is InChI=1S/C25H43N5O2.HI/c1-4-26-25(28-20-23-9-7-13-30(23)5-2)27-19-21-8-6-10-24(18-21)32-17-14-29(3)22-11-15-31-16-12-22;/h6,8,10,18,22-23H,4-5,7,9,11-17,19-20H2,1-3H3,(H2,26,27,28);1H. The van der Waals surface area contributed by atoms with Crippen molar-refractivity contribution in [3.8, 4) is 5.75 Å². The second-order valence-corrected chi connectivity index (χ2v) is 8.82. The average molecular weight is 574 g/mol. The van der Waals surface area contributed by atoms with Gasteiger partial charge in [-0.1, -0.05) is 19.1 Å². The van der Waals surface area contributed by atoms with Gasteiger partial charge in [-0.2, -0.15) is 0 Å². The van der Waals surface area contributed by atoms with Crippen molar-refractivity contribution < 1.29 is 9.47 Å². The first-order valence-corrected chi connectivity index (χ1v) is 12.5. The molecule has 2 N–H and O–H groups in total. The van der Waals surface area contributed by atoms with Crippen LogP contribution < -0.4 is 15.4 Å². The van der Waals surface area contributed by atoms with E-state index in [-0.39, 0.29) is 24.0 Å². The van der Waals surface area contributed by atoms with Gasteiger partial charge in [0.1, 0.15) is 12.4 Å². The molecular formula is C25H44IN5O2. The Morgan fingerprint density at radius 3 is 2.79 bits per heavy atom. The molecule has 0 aliphatic carbocycles. The third kappa shape index (κ3) is 9.58. The van der Waals surface area contributed by atoms with Gasteiger partial charge in [-0.25, -0.2) is 4.99 Å². The molecule has 3 rings (SSSR count). The number of ether oxygens (including phenoxy) is 2. The number of hydrogen-bond donors (Lipinski definition) is 2. The van der Waals surface area contributed by atoms with Crippen molar-refractivity contribution in [2.45, 2.75) is 58.2 Å². The number of benzene rings is 1. The zero-order valence-corrected chi connectivity index (χ0v) is 23.1. The Balaban J connectivity index is 0.00000385. The highest BCUT2D eigenvalue weighted by Gasteiger charge is 2.22. The van der Waals surface area contributed by atoms with Crippen LogP contribution in [0, 0.1) is 0 Å². The molecule has 0 spiro atoms. The van der Waals surface area contributed by atoms with E-state index in [0.717, 1.165) is 69.5 Å². The van der Waals surface area contributed by atoms with Crippen molar-refractivity contribution in [2.24, 2.45) is 4.99 Å². The van der Waals surface area contributed by atoms with Crippen molar-refractivity contribution >= 4 is 29.9 Å². The molecule has 2 aliphatic heterocycles. The molecule has 1 unspecified atom stereocenters. The van der Waals surface area contributed by atoms with E-state index in [1.54, 1.807) is 0 Å². The fraction of sp³-hybridized carbons (Fsp3) is 0.720. The third-order valence-corrected chi connectivity index (χ3v) is 6.60. The van der Waals surface area contributed by atoms with E-state index in [1.807, 2.05) is 6.07 Å². The fourth-order valence-corrected chi connectivity index (χ4v) is 4.62. The third-order valence-electron chi connectivity index (χ3n) is 6.60. The minimum Gasteiger partial charge on any atom is -0.492 e. The van der Waals surface area contributed by atoms with Crippen molar-refractivity contribution in [1.82, 2.24) is 20.4 Å². The smallest absolute Gasteiger partial charge is 0.191 e. The van der Waals surface area contributed by atoms with Crippen LogP contribution in [0.1, 0.15) is 45.1 Å². The largest absolute Gasteiger partial charge is 0.492 e. The van der Waals surface area contributed by atoms with Gasteiger partial charge in [-0.15, -0.1) is 24.0 Å². The van der Waals surface area contributed by atoms with E-state index in [4.69, 9.17) is 14.5 Å². The van der Waals surface area contributed by atoms with E-state index in [1.165, 1.54) is 19.4 Å². The summed E-state index contributed by atoms with van der Waals surface area (Å²) in [5, 5.41) is 6.92. The second-order valence-electron chi connectivity index (χ2n) is 8.82. The summed E-state index contributed by atoms with van der Waals surface area (Å²) in [7, 11) is 2.19. The minimum atomic E-state index is 0. The number of halogens is 1. The van der Waals surface area contributed by atoms with Crippen LogP contribution in [0.4, 0.5) is 0 Å². The van der Waals surface area contributed by atoms with Gasteiger partial charge in [0.2, 0.25) is 0 Å². The highest BCUT2D eigenvalue weighted by atomic mass is 127. The van der Waals surface area contributed by atoms with Crippen LogP contribution in [0.5, 0.6) is 5.75 Å². The van der Waals surface area contributed by atoms with E-state index in [0.29, 0.717) is 25.2 Å². The molecule has 1 atom stereocenters. The lowest BCUT2D eigenvalue weighted by atomic mass is 10.1. The summed E-state index contributed by atoms with van der Waals surface area (Å²) < 4.78 is 11.5. The molecule has 0 bridgehead atoms. The van der Waals surface area contributed by atoms with Crippen LogP contribution in [0.25, 0.3) is 0 Å². The van der Waals surface area contributed by atoms with Crippen LogP contribution in [0.2, 0.25) is 0 Å². The quantitative estimate of drug-likeness (QED) is 0.241. The van der Waals surface area contributed by atoms with Crippen LogP contribution in [-0.2, 0) is 11.3 Å². The first kappa shape index (κ1) is 28.1. The van der Waals surface area contributed by atoms with E-state index >= 15 is 0 Å². The molecule has 2 aliphatic rings. The van der Waals surface area contributed by atoms with Crippen molar-refractivity contribution in [2.75, 3.05) is 59.6 Å². The molecule has 0 aromatic heterocycles. The maximum atomic E-state index is 6.04. The molecule has 2 heterocycles. The van der Waals surface area contributed by atoms with Crippen LogP contribution in [-0.4, -0.2) is 87.4 Å². The Morgan fingerprint density at radius 2 is 2.03 bits per heavy atom. The van der Waals surface area contributed by atoms with Gasteiger partial charge in [0.25, 0.3) is 0 Å². The number of likely N-dealkylation sites (tertiary alicyclic amines) is 1. The maximum Gasteiger partial charge on any atom is 0.191 e. The molecule has 7 nitrogen and oxygen atoms in total. The lowest BCUT2D eigenvalue weighted by molar-refractivity contribution is 0.0392. The molecule has 2 fully saturated rings. The molecule has 1 aromatic rings. The first-order valence-electron chi connectivity index (χ1n) is 12.5. The van der Waals surface area contributed by atoms with Crippen molar-refractivity contribution in [3.05, 3.63) is 29.8 Å². The van der Waals surface area contributed by atoms with Gasteiger partial charge in [0.05, 0.1) is 6.54 Å². The maximum absolute atomic E-state index is 6.04. The Labute approximate surface area is 217 Å². The Bertz CT molecular complexity index is 699. The average Bonchev–Trinajstić information content (AvgIpc) is 3.29. The summed E-state index contributed by atoms with van der Waals surface area (Å²) in [5.41, 5.74) is 1.16. The summed E-state index contributed by atoms with van der Waals surface area (Å²) in [6.45, 7) is 12.5. The van der Waals surface area contributed by atoms with Gasteiger partial charge in [-0.3, -0.25) is 9.80 Å². The van der Waals surface area contributed by atoms with Gasteiger partial charge in [0, 0.05) is 44.9 Å². The lowest BCUT2D eigenvalue weighted by Crippen LogP contribution is -2.44. The van der Waals surface area contributed by atoms with E-state index in [9.17, 15) is 0 Å². The van der Waals surface area contributed by atoms with Crippen LogP contribution >= 0.6 is 24.0 Å². The predicted molar refractivity (Wildman–Crippen MR) is 147 cm³/mol. The lowest BCUT2D eigenvalue weighted by Gasteiger charge is -2.31. The molecule has 0 saturated carbocycles. The second kappa shape index (κ2) is 15.7. The number of nitrogens with one attached hydrogen (secondary N) is 2. The number of aliphatic imine (C=N–C) groups is 1. The Hall–Kier alpha value is -1.10. The fourth-order valence-electron chi connectivity index (χ4n) is 4.62. The zero-order valence-electron chi connectivity index (χ0n) is 20.7. The summed E-state index contributed by atoms with van der Waals surface area (Å²) in [4.78, 5) is 9.76. The number of guanidine groups is 1. The highest BCUT2D eigenvalue weighted by Crippen LogP contribution is 2.17. The molecule has 33 heavy (non-hydrogen) atoms. The normalized spacial score (nSPS) is 20.0. The van der Waals surface area contributed by atoms with Crippen LogP contribution in [0.3, 0.4) is 0 Å². The summed E-state index contributed by atoms with van der Waals surface area (Å²) in [5.74, 6) is 1.81.